The summed E-state index contributed by atoms with van der Waals surface area (Å²) in [6.45, 7) is 0. The van der Waals surface area contributed by atoms with Crippen molar-refractivity contribution in [2.45, 2.75) is 6.18 Å². The van der Waals surface area contributed by atoms with E-state index in [1.165, 1.54) is 0 Å². The van der Waals surface area contributed by atoms with Crippen LogP contribution in [-0.2, 0) is 6.18 Å². The van der Waals surface area contributed by atoms with Gasteiger partial charge in [-0.2, -0.15) is 13.2 Å². The monoisotopic (exact) mass is 356 g/mol. The summed E-state index contributed by atoms with van der Waals surface area (Å²) in [5, 5.41) is 21.4. The predicted molar refractivity (Wildman–Crippen MR) is 76.2 cm³/mol. The Hall–Kier alpha value is -3.50. The van der Waals surface area contributed by atoms with E-state index in [2.05, 4.69) is 0 Å². The average molecular weight is 356 g/mol. The van der Waals surface area contributed by atoms with Gasteiger partial charge in [-0.05, 0) is 24.3 Å². The molecule has 0 spiro atoms. The standard InChI is InChI=1S/C14H7F3N2O6/c15-14(16,17)9-3-6-12(11(7-9)19(23)24)25-13(20)8-1-4-10(5-2-8)18(21)22/h1-7H. The summed E-state index contributed by atoms with van der Waals surface area (Å²) in [4.78, 5) is 31.5. The van der Waals surface area contributed by atoms with E-state index in [9.17, 15) is 38.2 Å². The van der Waals surface area contributed by atoms with Gasteiger partial charge >= 0.3 is 17.8 Å². The topological polar surface area (TPSA) is 113 Å². The minimum atomic E-state index is -4.80. The van der Waals surface area contributed by atoms with Crippen LogP contribution in [0.15, 0.2) is 42.5 Å². The average Bonchev–Trinajstić information content (AvgIpc) is 2.54. The number of nitro groups is 2. The molecule has 0 heterocycles. The van der Waals surface area contributed by atoms with Gasteiger partial charge in [-0.25, -0.2) is 4.79 Å². The van der Waals surface area contributed by atoms with Crippen LogP contribution in [0.5, 0.6) is 5.75 Å². The van der Waals surface area contributed by atoms with Gasteiger partial charge in [0.2, 0.25) is 5.75 Å². The SMILES string of the molecule is O=C(Oc1ccc(C(F)(F)F)cc1[N+](=O)[O-])c1ccc([N+](=O)[O-])cc1. The summed E-state index contributed by atoms with van der Waals surface area (Å²) in [6.07, 6.45) is -4.80. The molecular weight excluding hydrogens is 349 g/mol. The summed E-state index contributed by atoms with van der Waals surface area (Å²) in [5.74, 6) is -1.79. The summed E-state index contributed by atoms with van der Waals surface area (Å²) < 4.78 is 42.6. The number of halogens is 3. The zero-order valence-corrected chi connectivity index (χ0v) is 12.0. The number of ether oxygens (including phenoxy) is 1. The van der Waals surface area contributed by atoms with Crippen molar-refractivity contribution >= 4 is 17.3 Å². The molecule has 0 N–H and O–H groups in total. The number of hydrogen-bond donors (Lipinski definition) is 0. The van der Waals surface area contributed by atoms with Gasteiger partial charge in [-0.3, -0.25) is 20.2 Å². The molecule has 0 aliphatic carbocycles. The predicted octanol–water partition coefficient (Wildman–Crippen LogP) is 3.74. The van der Waals surface area contributed by atoms with Crippen LogP contribution in [0.1, 0.15) is 15.9 Å². The molecule has 0 unspecified atom stereocenters. The summed E-state index contributed by atoms with van der Waals surface area (Å²) in [7, 11) is 0. The Labute approximate surface area is 136 Å². The lowest BCUT2D eigenvalue weighted by Crippen LogP contribution is -2.11. The molecule has 8 nitrogen and oxygen atoms in total. The molecule has 0 fully saturated rings. The second-order valence-electron chi connectivity index (χ2n) is 4.63. The van der Waals surface area contributed by atoms with E-state index in [0.717, 1.165) is 24.3 Å². The Balaban J connectivity index is 2.31. The second-order valence-corrected chi connectivity index (χ2v) is 4.63. The second kappa shape index (κ2) is 6.55. The van der Waals surface area contributed by atoms with Gasteiger partial charge in [0.15, 0.2) is 0 Å². The highest BCUT2D eigenvalue weighted by Crippen LogP contribution is 2.36. The van der Waals surface area contributed by atoms with Crippen LogP contribution >= 0.6 is 0 Å². The molecule has 0 aliphatic heterocycles. The van der Waals surface area contributed by atoms with Crippen molar-refractivity contribution in [2.24, 2.45) is 0 Å². The van der Waals surface area contributed by atoms with Crippen LogP contribution in [-0.4, -0.2) is 15.8 Å². The summed E-state index contributed by atoms with van der Waals surface area (Å²) in [6, 6.07) is 5.57. The molecule has 0 aliphatic rings. The van der Waals surface area contributed by atoms with Gasteiger partial charge in [0.05, 0.1) is 21.0 Å². The van der Waals surface area contributed by atoms with Crippen molar-refractivity contribution in [3.8, 4) is 5.75 Å². The molecule has 25 heavy (non-hydrogen) atoms. The Bertz CT molecular complexity index is 849. The van der Waals surface area contributed by atoms with Crippen molar-refractivity contribution in [3.63, 3.8) is 0 Å². The zero-order chi connectivity index (χ0) is 18.8. The Kier molecular flexibility index (Phi) is 4.68. The molecule has 0 atom stereocenters. The number of carbonyl (C=O) groups is 1. The molecule has 2 aromatic carbocycles. The first-order valence-corrected chi connectivity index (χ1v) is 6.42. The van der Waals surface area contributed by atoms with Crippen molar-refractivity contribution in [1.82, 2.24) is 0 Å². The van der Waals surface area contributed by atoms with Crippen molar-refractivity contribution in [1.29, 1.82) is 0 Å². The van der Waals surface area contributed by atoms with Crippen molar-refractivity contribution in [2.75, 3.05) is 0 Å². The number of benzene rings is 2. The molecule has 0 bridgehead atoms. The van der Waals surface area contributed by atoms with Crippen LogP contribution in [0.2, 0.25) is 0 Å². The number of non-ortho nitro benzene ring substituents is 1. The third kappa shape index (κ3) is 4.07. The molecule has 2 aromatic rings. The van der Waals surface area contributed by atoms with E-state index in [0.29, 0.717) is 12.1 Å². The lowest BCUT2D eigenvalue weighted by Gasteiger charge is -2.09. The smallest absolute Gasteiger partial charge is 0.416 e. The Morgan fingerprint density at radius 2 is 1.56 bits per heavy atom. The Morgan fingerprint density at radius 3 is 2.04 bits per heavy atom. The first-order valence-electron chi connectivity index (χ1n) is 6.42. The fourth-order valence-electron chi connectivity index (χ4n) is 1.80. The number of nitrogens with zero attached hydrogens (tertiary/aromatic N) is 2. The van der Waals surface area contributed by atoms with Gasteiger partial charge in [-0.1, -0.05) is 0 Å². The molecule has 130 valence electrons. The van der Waals surface area contributed by atoms with Gasteiger partial charge in [0, 0.05) is 18.2 Å². The molecular formula is C14H7F3N2O6. The molecule has 11 heteroatoms. The molecule has 0 amide bonds. The third-order valence-electron chi connectivity index (χ3n) is 3.00. The number of esters is 1. The van der Waals surface area contributed by atoms with Gasteiger partial charge in [0.25, 0.3) is 5.69 Å². The summed E-state index contributed by atoms with van der Waals surface area (Å²) >= 11 is 0. The zero-order valence-electron chi connectivity index (χ0n) is 12.0. The first kappa shape index (κ1) is 17.8. The molecule has 0 radical (unpaired) electrons. The fourth-order valence-corrected chi connectivity index (χ4v) is 1.80. The van der Waals surface area contributed by atoms with E-state index >= 15 is 0 Å². The van der Waals surface area contributed by atoms with Crippen molar-refractivity contribution < 1.29 is 32.5 Å². The van der Waals surface area contributed by atoms with E-state index in [1.807, 2.05) is 0 Å². The van der Waals surface area contributed by atoms with E-state index < -0.39 is 39.0 Å². The number of nitro benzene ring substituents is 2. The van der Waals surface area contributed by atoms with E-state index in [4.69, 9.17) is 4.74 Å². The van der Waals surface area contributed by atoms with Crippen LogP contribution in [0.25, 0.3) is 0 Å². The molecule has 0 saturated heterocycles. The maximum Gasteiger partial charge on any atom is 0.416 e. The van der Waals surface area contributed by atoms with Gasteiger partial charge in [-0.15, -0.1) is 0 Å². The number of alkyl halides is 3. The Morgan fingerprint density at radius 1 is 0.960 bits per heavy atom. The van der Waals surface area contributed by atoms with Crippen LogP contribution in [0.3, 0.4) is 0 Å². The highest BCUT2D eigenvalue weighted by molar-refractivity contribution is 5.91. The lowest BCUT2D eigenvalue weighted by molar-refractivity contribution is -0.385. The fraction of sp³-hybridized carbons (Fsp3) is 0.0714. The minimum absolute atomic E-state index is 0.167. The largest absolute Gasteiger partial charge is 0.416 e. The molecule has 0 aromatic heterocycles. The van der Waals surface area contributed by atoms with Crippen molar-refractivity contribution in [3.05, 3.63) is 73.8 Å². The van der Waals surface area contributed by atoms with E-state index in [-0.39, 0.29) is 17.3 Å². The maximum atomic E-state index is 12.6. The van der Waals surface area contributed by atoms with E-state index in [1.54, 1.807) is 0 Å². The highest BCUT2D eigenvalue weighted by atomic mass is 19.4. The normalized spacial score (nSPS) is 11.0. The molecule has 2 rings (SSSR count). The number of carbonyl (C=O) groups excluding carboxylic acids is 1. The number of hydrogen-bond acceptors (Lipinski definition) is 6. The van der Waals surface area contributed by atoms with Crippen LogP contribution < -0.4 is 4.74 Å². The number of rotatable bonds is 4. The first-order chi connectivity index (χ1) is 11.6. The summed E-state index contributed by atoms with van der Waals surface area (Å²) in [5.41, 5.74) is -2.77. The van der Waals surface area contributed by atoms with Crippen LogP contribution in [0, 0.1) is 20.2 Å². The molecule has 0 saturated carbocycles. The van der Waals surface area contributed by atoms with Crippen LogP contribution in [0.4, 0.5) is 24.5 Å². The lowest BCUT2D eigenvalue weighted by atomic mass is 10.1. The maximum absolute atomic E-state index is 12.6. The highest BCUT2D eigenvalue weighted by Gasteiger charge is 2.33. The quantitative estimate of drug-likeness (QED) is 0.357. The van der Waals surface area contributed by atoms with Gasteiger partial charge < -0.3 is 4.74 Å². The van der Waals surface area contributed by atoms with Gasteiger partial charge in [0.1, 0.15) is 0 Å². The minimum Gasteiger partial charge on any atom is -0.416 e. The third-order valence-corrected chi connectivity index (χ3v) is 3.00.